The summed E-state index contributed by atoms with van der Waals surface area (Å²) in [6.07, 6.45) is 3.75. The van der Waals surface area contributed by atoms with E-state index in [1.807, 2.05) is 12.3 Å². The van der Waals surface area contributed by atoms with Crippen LogP contribution in [-0.4, -0.2) is 41.0 Å². The minimum absolute atomic E-state index is 0.0869. The molecule has 0 fully saturated rings. The van der Waals surface area contributed by atoms with Gasteiger partial charge in [-0.25, -0.2) is 9.97 Å². The number of hydrogen-bond donors (Lipinski definition) is 1. The lowest BCUT2D eigenvalue weighted by Gasteiger charge is -2.18. The number of fused-ring (bicyclic) bond motifs is 1. The van der Waals surface area contributed by atoms with Crippen molar-refractivity contribution < 1.29 is 9.53 Å². The van der Waals surface area contributed by atoms with E-state index < -0.39 is 0 Å². The molecule has 1 amide bonds. The first-order valence-electron chi connectivity index (χ1n) is 7.61. The van der Waals surface area contributed by atoms with E-state index in [0.29, 0.717) is 11.0 Å². The third-order valence-electron chi connectivity index (χ3n) is 3.83. The molecular formula is C16H20N4O2S. The van der Waals surface area contributed by atoms with Gasteiger partial charge in [-0.3, -0.25) is 9.69 Å². The van der Waals surface area contributed by atoms with Gasteiger partial charge in [0.1, 0.15) is 0 Å². The SMILES string of the molecule is COc1ccc2c(n1)CCN(Cc1cnc(NC(C)=O)s1)CC2. The number of nitrogens with one attached hydrogen (secondary N) is 1. The van der Waals surface area contributed by atoms with E-state index >= 15 is 0 Å². The van der Waals surface area contributed by atoms with Gasteiger partial charge >= 0.3 is 0 Å². The molecule has 122 valence electrons. The first kappa shape index (κ1) is 15.9. The van der Waals surface area contributed by atoms with Crippen LogP contribution in [0.25, 0.3) is 0 Å². The van der Waals surface area contributed by atoms with Gasteiger partial charge < -0.3 is 10.1 Å². The molecule has 3 rings (SSSR count). The number of pyridine rings is 1. The molecule has 0 unspecified atom stereocenters. The number of carbonyl (C=O) groups is 1. The highest BCUT2D eigenvalue weighted by Crippen LogP contribution is 2.22. The Bertz CT molecular complexity index is 701. The molecule has 0 saturated carbocycles. The molecule has 0 radical (unpaired) electrons. The molecule has 1 aliphatic heterocycles. The largest absolute Gasteiger partial charge is 0.481 e. The van der Waals surface area contributed by atoms with Crippen LogP contribution in [0, 0.1) is 0 Å². The summed E-state index contributed by atoms with van der Waals surface area (Å²) >= 11 is 1.53. The molecule has 0 spiro atoms. The van der Waals surface area contributed by atoms with Crippen LogP contribution >= 0.6 is 11.3 Å². The van der Waals surface area contributed by atoms with Crippen molar-refractivity contribution in [2.45, 2.75) is 26.3 Å². The molecule has 2 aromatic rings. The molecule has 1 N–H and O–H groups in total. The molecular weight excluding hydrogens is 312 g/mol. The van der Waals surface area contributed by atoms with Crippen molar-refractivity contribution in [1.82, 2.24) is 14.9 Å². The van der Waals surface area contributed by atoms with Crippen molar-refractivity contribution in [3.05, 3.63) is 34.5 Å². The molecule has 0 aliphatic carbocycles. The molecule has 6 nitrogen and oxygen atoms in total. The van der Waals surface area contributed by atoms with E-state index in [1.54, 1.807) is 7.11 Å². The van der Waals surface area contributed by atoms with Gasteiger partial charge in [0.15, 0.2) is 5.13 Å². The quantitative estimate of drug-likeness (QED) is 0.929. The number of amides is 1. The third kappa shape index (κ3) is 4.05. The lowest BCUT2D eigenvalue weighted by molar-refractivity contribution is -0.114. The topological polar surface area (TPSA) is 67.3 Å². The van der Waals surface area contributed by atoms with Crippen molar-refractivity contribution in [2.75, 3.05) is 25.5 Å². The van der Waals surface area contributed by atoms with Gasteiger partial charge in [0, 0.05) is 55.8 Å². The number of nitrogens with zero attached hydrogens (tertiary/aromatic N) is 3. The van der Waals surface area contributed by atoms with Crippen LogP contribution in [0.5, 0.6) is 5.88 Å². The Morgan fingerprint density at radius 1 is 1.39 bits per heavy atom. The average Bonchev–Trinajstić information content (AvgIpc) is 2.86. The van der Waals surface area contributed by atoms with Crippen molar-refractivity contribution in [1.29, 1.82) is 0 Å². The van der Waals surface area contributed by atoms with Crippen molar-refractivity contribution >= 4 is 22.4 Å². The number of rotatable bonds is 4. The van der Waals surface area contributed by atoms with Crippen molar-refractivity contribution in [3.8, 4) is 5.88 Å². The Balaban J connectivity index is 1.63. The van der Waals surface area contributed by atoms with E-state index in [0.717, 1.165) is 43.0 Å². The zero-order chi connectivity index (χ0) is 16.2. The van der Waals surface area contributed by atoms with Gasteiger partial charge in [0.25, 0.3) is 0 Å². The summed E-state index contributed by atoms with van der Waals surface area (Å²) in [5.74, 6) is 0.593. The Morgan fingerprint density at radius 3 is 3.00 bits per heavy atom. The van der Waals surface area contributed by atoms with Crippen LogP contribution < -0.4 is 10.1 Å². The number of anilines is 1. The monoisotopic (exact) mass is 332 g/mol. The van der Waals surface area contributed by atoms with Gasteiger partial charge in [0.2, 0.25) is 11.8 Å². The van der Waals surface area contributed by atoms with E-state index in [9.17, 15) is 4.79 Å². The number of hydrogen-bond acceptors (Lipinski definition) is 6. The molecule has 1 aliphatic rings. The number of methoxy groups -OCH3 is 1. The standard InChI is InChI=1S/C16H20N4O2S/c1-11(21)18-16-17-9-13(23-16)10-20-7-5-12-3-4-15(22-2)19-14(12)6-8-20/h3-4,9H,5-8,10H2,1-2H3,(H,17,18,21). The smallest absolute Gasteiger partial charge is 0.223 e. The molecule has 0 atom stereocenters. The number of thiazole rings is 1. The Kier molecular flexibility index (Phi) is 4.88. The van der Waals surface area contributed by atoms with E-state index in [-0.39, 0.29) is 5.91 Å². The van der Waals surface area contributed by atoms with Gasteiger partial charge in [-0.05, 0) is 12.0 Å². The Labute approximate surface area is 139 Å². The minimum atomic E-state index is -0.0869. The fourth-order valence-corrected chi connectivity index (χ4v) is 3.59. The van der Waals surface area contributed by atoms with E-state index in [2.05, 4.69) is 26.3 Å². The summed E-state index contributed by atoms with van der Waals surface area (Å²) in [5.41, 5.74) is 2.44. The second kappa shape index (κ2) is 7.06. The first-order chi connectivity index (χ1) is 11.1. The van der Waals surface area contributed by atoms with Gasteiger partial charge in [0.05, 0.1) is 7.11 Å². The fourth-order valence-electron chi connectivity index (χ4n) is 2.69. The number of aromatic nitrogens is 2. The molecule has 0 bridgehead atoms. The summed E-state index contributed by atoms with van der Waals surface area (Å²) in [6, 6.07) is 4.05. The highest BCUT2D eigenvalue weighted by Gasteiger charge is 2.17. The Morgan fingerprint density at radius 2 is 2.22 bits per heavy atom. The van der Waals surface area contributed by atoms with Crippen LogP contribution in [0.3, 0.4) is 0 Å². The maximum atomic E-state index is 11.1. The molecule has 0 aromatic carbocycles. The van der Waals surface area contributed by atoms with Gasteiger partial charge in [-0.15, -0.1) is 11.3 Å². The maximum absolute atomic E-state index is 11.1. The molecule has 3 heterocycles. The summed E-state index contributed by atoms with van der Waals surface area (Å²) < 4.78 is 5.21. The third-order valence-corrected chi connectivity index (χ3v) is 4.73. The van der Waals surface area contributed by atoms with Crippen LogP contribution in [0.15, 0.2) is 18.3 Å². The molecule has 23 heavy (non-hydrogen) atoms. The van der Waals surface area contributed by atoms with Crippen LogP contribution in [0.4, 0.5) is 5.13 Å². The van der Waals surface area contributed by atoms with E-state index in [4.69, 9.17) is 4.74 Å². The van der Waals surface area contributed by atoms with Crippen molar-refractivity contribution in [2.24, 2.45) is 0 Å². The average molecular weight is 332 g/mol. The van der Waals surface area contributed by atoms with Crippen LogP contribution in [0.1, 0.15) is 23.1 Å². The summed E-state index contributed by atoms with van der Waals surface area (Å²) in [5, 5.41) is 3.39. The zero-order valence-corrected chi connectivity index (χ0v) is 14.2. The normalized spacial score (nSPS) is 14.9. The van der Waals surface area contributed by atoms with E-state index in [1.165, 1.54) is 23.8 Å². The highest BCUT2D eigenvalue weighted by atomic mass is 32.1. The molecule has 2 aromatic heterocycles. The first-order valence-corrected chi connectivity index (χ1v) is 8.43. The van der Waals surface area contributed by atoms with Crippen LogP contribution in [0.2, 0.25) is 0 Å². The van der Waals surface area contributed by atoms with Crippen molar-refractivity contribution in [3.63, 3.8) is 0 Å². The second-order valence-corrected chi connectivity index (χ2v) is 6.66. The van der Waals surface area contributed by atoms with Gasteiger partial charge in [-0.2, -0.15) is 0 Å². The maximum Gasteiger partial charge on any atom is 0.223 e. The lowest BCUT2D eigenvalue weighted by atomic mass is 10.1. The predicted molar refractivity (Wildman–Crippen MR) is 89.9 cm³/mol. The highest BCUT2D eigenvalue weighted by molar-refractivity contribution is 7.15. The zero-order valence-electron chi connectivity index (χ0n) is 13.3. The predicted octanol–water partition coefficient (Wildman–Crippen LogP) is 2.11. The molecule has 7 heteroatoms. The number of carbonyl (C=O) groups excluding carboxylic acids is 1. The van der Waals surface area contributed by atoms with Gasteiger partial charge in [-0.1, -0.05) is 6.07 Å². The Hall–Kier alpha value is -1.99. The summed E-state index contributed by atoms with van der Waals surface area (Å²) in [7, 11) is 1.65. The summed E-state index contributed by atoms with van der Waals surface area (Å²) in [6.45, 7) is 4.30. The fraction of sp³-hybridized carbons (Fsp3) is 0.438. The lowest BCUT2D eigenvalue weighted by Crippen LogP contribution is -2.25. The second-order valence-electron chi connectivity index (χ2n) is 5.55. The summed E-state index contributed by atoms with van der Waals surface area (Å²) in [4.78, 5) is 23.4. The minimum Gasteiger partial charge on any atom is -0.481 e. The van der Waals surface area contributed by atoms with Crippen LogP contribution in [-0.2, 0) is 24.2 Å². The number of ether oxygens (including phenoxy) is 1. The molecule has 0 saturated heterocycles.